The molecule has 2 unspecified atom stereocenters. The number of allylic oxidation sites excluding steroid dienone is 1. The van der Waals surface area contributed by atoms with Gasteiger partial charge in [0.25, 0.3) is 0 Å². The molecule has 0 aliphatic heterocycles. The second-order valence-corrected chi connectivity index (χ2v) is 7.61. The van der Waals surface area contributed by atoms with Gasteiger partial charge < -0.3 is 9.84 Å². The van der Waals surface area contributed by atoms with Gasteiger partial charge in [-0.25, -0.2) is 4.79 Å². The van der Waals surface area contributed by atoms with Crippen molar-refractivity contribution in [2.45, 2.75) is 40.7 Å². The zero-order valence-corrected chi connectivity index (χ0v) is 16.3. The molecule has 134 valence electrons. The Morgan fingerprint density at radius 3 is 2.40 bits per heavy atom. The standard InChI is InChI=1S/C20H24O4S/c1-11-9-16(25-10-11)15(21)7-8-20(5)14(4)12(2)17(19(22)23)13(3)18(20)24-6/h7-10,18H,1-6H3,(H,22,23). The fourth-order valence-electron chi connectivity index (χ4n) is 3.52. The lowest BCUT2D eigenvalue weighted by molar-refractivity contribution is -0.132. The lowest BCUT2D eigenvalue weighted by Gasteiger charge is -2.41. The van der Waals surface area contributed by atoms with Crippen LogP contribution in [0.4, 0.5) is 0 Å². The number of carbonyl (C=O) groups excluding carboxylic acids is 1. The normalized spacial score (nSPS) is 24.3. The van der Waals surface area contributed by atoms with Gasteiger partial charge in [-0.3, -0.25) is 4.79 Å². The van der Waals surface area contributed by atoms with Crippen molar-refractivity contribution in [3.63, 3.8) is 0 Å². The number of carboxylic acids is 1. The molecule has 1 N–H and O–H groups in total. The van der Waals surface area contributed by atoms with Crippen molar-refractivity contribution in [3.05, 3.63) is 56.3 Å². The van der Waals surface area contributed by atoms with Crippen LogP contribution in [0.15, 0.2) is 45.9 Å². The minimum Gasteiger partial charge on any atom is -0.478 e. The van der Waals surface area contributed by atoms with Crippen LogP contribution in [0.3, 0.4) is 0 Å². The van der Waals surface area contributed by atoms with Crippen molar-refractivity contribution in [3.8, 4) is 0 Å². The molecule has 2 rings (SSSR count). The van der Waals surface area contributed by atoms with Crippen LogP contribution in [0, 0.1) is 12.3 Å². The smallest absolute Gasteiger partial charge is 0.335 e. The fraction of sp³-hybridized carbons (Fsp3) is 0.400. The predicted molar refractivity (Wildman–Crippen MR) is 100 cm³/mol. The Bertz CT molecular complexity index is 809. The third kappa shape index (κ3) is 3.39. The van der Waals surface area contributed by atoms with Crippen molar-refractivity contribution < 1.29 is 19.4 Å². The minimum atomic E-state index is -0.951. The zero-order chi connectivity index (χ0) is 18.9. The van der Waals surface area contributed by atoms with E-state index in [0.717, 1.165) is 16.7 Å². The number of hydrogen-bond acceptors (Lipinski definition) is 4. The fourth-order valence-corrected chi connectivity index (χ4v) is 4.34. The first-order chi connectivity index (χ1) is 11.6. The summed E-state index contributed by atoms with van der Waals surface area (Å²) < 4.78 is 5.64. The van der Waals surface area contributed by atoms with Gasteiger partial charge in [-0.2, -0.15) is 0 Å². The summed E-state index contributed by atoms with van der Waals surface area (Å²) in [6.07, 6.45) is 2.99. The van der Waals surface area contributed by atoms with E-state index < -0.39 is 17.5 Å². The number of thiophene rings is 1. The van der Waals surface area contributed by atoms with Gasteiger partial charge in [0, 0.05) is 12.5 Å². The predicted octanol–water partition coefficient (Wildman–Crippen LogP) is 4.57. The van der Waals surface area contributed by atoms with E-state index in [-0.39, 0.29) is 5.78 Å². The minimum absolute atomic E-state index is 0.0507. The second kappa shape index (κ2) is 7.10. The number of methoxy groups -OCH3 is 1. The number of hydrogen-bond donors (Lipinski definition) is 1. The molecule has 1 heterocycles. The van der Waals surface area contributed by atoms with E-state index in [9.17, 15) is 14.7 Å². The SMILES string of the molecule is COC1C(C)=C(C(=O)O)C(C)=C(C)C1(C)C=CC(=O)c1cc(C)cs1. The molecule has 0 spiro atoms. The summed E-state index contributed by atoms with van der Waals surface area (Å²) in [4.78, 5) is 24.8. The van der Waals surface area contributed by atoms with E-state index in [1.165, 1.54) is 11.3 Å². The topological polar surface area (TPSA) is 63.6 Å². The van der Waals surface area contributed by atoms with Gasteiger partial charge in [-0.1, -0.05) is 11.6 Å². The lowest BCUT2D eigenvalue weighted by atomic mass is 9.67. The molecule has 0 aromatic carbocycles. The summed E-state index contributed by atoms with van der Waals surface area (Å²) in [5.41, 5.74) is 3.08. The van der Waals surface area contributed by atoms with E-state index in [4.69, 9.17) is 4.74 Å². The molecular weight excluding hydrogens is 336 g/mol. The maximum Gasteiger partial charge on any atom is 0.335 e. The Kier molecular flexibility index (Phi) is 5.49. The molecule has 0 bridgehead atoms. The molecular formula is C20H24O4S. The molecule has 1 aromatic rings. The highest BCUT2D eigenvalue weighted by Gasteiger charge is 2.42. The van der Waals surface area contributed by atoms with Crippen molar-refractivity contribution in [2.24, 2.45) is 5.41 Å². The highest BCUT2D eigenvalue weighted by molar-refractivity contribution is 7.12. The largest absolute Gasteiger partial charge is 0.478 e. The summed E-state index contributed by atoms with van der Waals surface area (Å²) in [6, 6.07) is 1.87. The third-order valence-corrected chi connectivity index (χ3v) is 6.14. The zero-order valence-electron chi connectivity index (χ0n) is 15.5. The van der Waals surface area contributed by atoms with Crippen LogP contribution >= 0.6 is 11.3 Å². The van der Waals surface area contributed by atoms with Gasteiger partial charge in [0.2, 0.25) is 0 Å². The van der Waals surface area contributed by atoms with Crippen LogP contribution in [0.1, 0.15) is 42.9 Å². The van der Waals surface area contributed by atoms with Crippen molar-refractivity contribution in [1.82, 2.24) is 0 Å². The van der Waals surface area contributed by atoms with E-state index in [2.05, 4.69) is 0 Å². The Balaban J connectivity index is 2.46. The first kappa shape index (κ1) is 19.3. The molecule has 1 aliphatic carbocycles. The average molecular weight is 360 g/mol. The van der Waals surface area contributed by atoms with Gasteiger partial charge in [0.05, 0.1) is 16.6 Å². The first-order valence-electron chi connectivity index (χ1n) is 8.07. The Hall–Kier alpha value is -1.98. The molecule has 4 nitrogen and oxygen atoms in total. The summed E-state index contributed by atoms with van der Waals surface area (Å²) >= 11 is 1.42. The van der Waals surface area contributed by atoms with Crippen LogP contribution in [0.2, 0.25) is 0 Å². The number of aliphatic carboxylic acids is 1. The van der Waals surface area contributed by atoms with Gasteiger partial charge in [0.15, 0.2) is 5.78 Å². The highest BCUT2D eigenvalue weighted by atomic mass is 32.1. The monoisotopic (exact) mass is 360 g/mol. The number of aryl methyl sites for hydroxylation is 1. The van der Waals surface area contributed by atoms with Crippen molar-refractivity contribution >= 4 is 23.1 Å². The maximum absolute atomic E-state index is 12.4. The van der Waals surface area contributed by atoms with Gasteiger partial charge in [0.1, 0.15) is 0 Å². The molecule has 0 fully saturated rings. The van der Waals surface area contributed by atoms with E-state index in [1.54, 1.807) is 20.1 Å². The molecule has 1 aliphatic rings. The van der Waals surface area contributed by atoms with Gasteiger partial charge >= 0.3 is 5.97 Å². The van der Waals surface area contributed by atoms with E-state index in [0.29, 0.717) is 16.0 Å². The average Bonchev–Trinajstić information content (AvgIpc) is 2.97. The van der Waals surface area contributed by atoms with Crippen molar-refractivity contribution in [2.75, 3.05) is 7.11 Å². The Morgan fingerprint density at radius 1 is 1.28 bits per heavy atom. The molecule has 25 heavy (non-hydrogen) atoms. The first-order valence-corrected chi connectivity index (χ1v) is 8.95. The van der Waals surface area contributed by atoms with Crippen LogP contribution in [0.5, 0.6) is 0 Å². The molecule has 0 saturated heterocycles. The summed E-state index contributed by atoms with van der Waals surface area (Å²) in [7, 11) is 1.57. The van der Waals surface area contributed by atoms with Crippen LogP contribution in [0.25, 0.3) is 0 Å². The number of ether oxygens (including phenoxy) is 1. The Morgan fingerprint density at radius 2 is 1.92 bits per heavy atom. The second-order valence-electron chi connectivity index (χ2n) is 6.70. The van der Waals surface area contributed by atoms with Gasteiger partial charge in [-0.05, 0) is 68.9 Å². The molecule has 1 aromatic heterocycles. The molecule has 0 amide bonds. The Labute approximate surface area is 152 Å². The van der Waals surface area contributed by atoms with Crippen LogP contribution in [-0.4, -0.2) is 30.1 Å². The summed E-state index contributed by atoms with van der Waals surface area (Å²) in [5, 5.41) is 11.5. The number of carbonyl (C=O) groups is 2. The van der Waals surface area contributed by atoms with E-state index >= 15 is 0 Å². The summed E-state index contributed by atoms with van der Waals surface area (Å²) in [6.45, 7) is 9.43. The molecule has 0 radical (unpaired) electrons. The number of ketones is 1. The molecule has 5 heteroatoms. The summed E-state index contributed by atoms with van der Waals surface area (Å²) in [5.74, 6) is -1.00. The van der Waals surface area contributed by atoms with Crippen molar-refractivity contribution in [1.29, 1.82) is 0 Å². The highest BCUT2D eigenvalue weighted by Crippen LogP contribution is 2.45. The third-order valence-electron chi connectivity index (χ3n) is 5.08. The van der Waals surface area contributed by atoms with Gasteiger partial charge in [-0.15, -0.1) is 11.3 Å². The number of carboxylic acid groups (broad SMARTS) is 1. The molecule has 2 atom stereocenters. The van der Waals surface area contributed by atoms with Crippen LogP contribution in [-0.2, 0) is 9.53 Å². The number of rotatable bonds is 5. The van der Waals surface area contributed by atoms with Crippen LogP contribution < -0.4 is 0 Å². The van der Waals surface area contributed by atoms with E-state index in [1.807, 2.05) is 45.2 Å². The quantitative estimate of drug-likeness (QED) is 0.617. The lowest BCUT2D eigenvalue weighted by Crippen LogP contribution is -2.39. The maximum atomic E-state index is 12.4. The molecule has 0 saturated carbocycles.